The van der Waals surface area contributed by atoms with E-state index in [0.717, 1.165) is 17.1 Å². The quantitative estimate of drug-likeness (QED) is 0.0870. The molecule has 0 amide bonds. The molecule has 5 aromatic carbocycles. The van der Waals surface area contributed by atoms with Crippen LogP contribution in [0.5, 0.6) is 0 Å². The maximum absolute atomic E-state index is 11.6. The first-order valence-corrected chi connectivity index (χ1v) is 20.4. The van der Waals surface area contributed by atoms with Gasteiger partial charge in [0.15, 0.2) is 0 Å². The van der Waals surface area contributed by atoms with Crippen molar-refractivity contribution >= 4 is 23.0 Å². The zero-order valence-electron chi connectivity index (χ0n) is 32.6. The van der Waals surface area contributed by atoms with Crippen molar-refractivity contribution in [1.29, 1.82) is 0 Å². The summed E-state index contributed by atoms with van der Waals surface area (Å²) in [4.78, 5) is 13.8. The standard InChI is InChI=1S/C50H59NO2/c1-5-7-9-11-13-15-33-50(34-16-14-12-10-8-6-2)47-35-38(4)19-31-45(47)46-32-24-41(36-48(46)50)39-20-27-43(28-21-39)51(42-25-17-37(3)18-26-42)44-29-22-40(23-30-44)49(52)53/h17-32,35-36H,5-16,33-34H2,1-4H3,(H,52,53). The van der Waals surface area contributed by atoms with Crippen LogP contribution in [0, 0.1) is 13.8 Å². The molecule has 0 aliphatic heterocycles. The summed E-state index contributed by atoms with van der Waals surface area (Å²) in [5.41, 5.74) is 14.3. The van der Waals surface area contributed by atoms with Crippen LogP contribution in [0.1, 0.15) is 136 Å². The van der Waals surface area contributed by atoms with Crippen LogP contribution in [-0.2, 0) is 5.41 Å². The summed E-state index contributed by atoms with van der Waals surface area (Å²) in [5, 5.41) is 9.52. The van der Waals surface area contributed by atoms with E-state index in [0.29, 0.717) is 0 Å². The number of benzene rings is 5. The van der Waals surface area contributed by atoms with Crippen LogP contribution in [-0.4, -0.2) is 11.1 Å². The van der Waals surface area contributed by atoms with E-state index in [1.165, 1.54) is 129 Å². The Morgan fingerprint density at radius 1 is 0.509 bits per heavy atom. The molecular formula is C50H59NO2. The van der Waals surface area contributed by atoms with Gasteiger partial charge in [0.25, 0.3) is 0 Å². The topological polar surface area (TPSA) is 40.5 Å². The molecule has 1 N–H and O–H groups in total. The summed E-state index contributed by atoms with van der Waals surface area (Å²) in [6, 6.07) is 39.0. The van der Waals surface area contributed by atoms with Crippen LogP contribution in [0.2, 0.25) is 0 Å². The minimum absolute atomic E-state index is 0.0481. The summed E-state index contributed by atoms with van der Waals surface area (Å²) in [6.07, 6.45) is 18.2. The van der Waals surface area contributed by atoms with Crippen LogP contribution in [0.15, 0.2) is 109 Å². The summed E-state index contributed by atoms with van der Waals surface area (Å²) < 4.78 is 0. The van der Waals surface area contributed by atoms with Gasteiger partial charge in [0.2, 0.25) is 0 Å². The molecule has 3 nitrogen and oxygen atoms in total. The van der Waals surface area contributed by atoms with E-state index in [-0.39, 0.29) is 11.0 Å². The molecule has 0 saturated carbocycles. The number of nitrogens with zero attached hydrogens (tertiary/aromatic N) is 1. The molecule has 53 heavy (non-hydrogen) atoms. The lowest BCUT2D eigenvalue weighted by molar-refractivity contribution is 0.0697. The van der Waals surface area contributed by atoms with Gasteiger partial charge in [-0.1, -0.05) is 157 Å². The van der Waals surface area contributed by atoms with Crippen LogP contribution in [0.25, 0.3) is 22.3 Å². The minimum Gasteiger partial charge on any atom is -0.478 e. The number of hydrogen-bond acceptors (Lipinski definition) is 2. The molecule has 0 atom stereocenters. The largest absolute Gasteiger partial charge is 0.478 e. The number of rotatable bonds is 19. The summed E-state index contributed by atoms with van der Waals surface area (Å²) in [5.74, 6) is -0.918. The highest BCUT2D eigenvalue weighted by atomic mass is 16.4. The number of anilines is 3. The summed E-state index contributed by atoms with van der Waals surface area (Å²) >= 11 is 0. The smallest absolute Gasteiger partial charge is 0.335 e. The summed E-state index contributed by atoms with van der Waals surface area (Å²) in [7, 11) is 0. The molecule has 0 radical (unpaired) electrons. The predicted molar refractivity (Wildman–Crippen MR) is 225 cm³/mol. The Morgan fingerprint density at radius 3 is 1.49 bits per heavy atom. The first-order chi connectivity index (χ1) is 25.8. The lowest BCUT2D eigenvalue weighted by atomic mass is 9.70. The fraction of sp³-hybridized carbons (Fsp3) is 0.380. The third kappa shape index (κ3) is 8.78. The van der Waals surface area contributed by atoms with Gasteiger partial charge in [0, 0.05) is 22.5 Å². The molecule has 1 aliphatic rings. The molecule has 3 heteroatoms. The molecule has 0 heterocycles. The lowest BCUT2D eigenvalue weighted by Crippen LogP contribution is -2.25. The van der Waals surface area contributed by atoms with Gasteiger partial charge in [-0.2, -0.15) is 0 Å². The molecule has 0 unspecified atom stereocenters. The van der Waals surface area contributed by atoms with E-state index in [9.17, 15) is 9.90 Å². The van der Waals surface area contributed by atoms with Gasteiger partial charge in [-0.05, 0) is 115 Å². The van der Waals surface area contributed by atoms with Crippen LogP contribution in [0.4, 0.5) is 17.1 Å². The van der Waals surface area contributed by atoms with Crippen molar-refractivity contribution in [1.82, 2.24) is 0 Å². The number of carbonyl (C=O) groups is 1. The number of fused-ring (bicyclic) bond motifs is 3. The zero-order valence-corrected chi connectivity index (χ0v) is 32.6. The molecule has 276 valence electrons. The fourth-order valence-corrected chi connectivity index (χ4v) is 8.56. The highest BCUT2D eigenvalue weighted by molar-refractivity contribution is 5.89. The van der Waals surface area contributed by atoms with Gasteiger partial charge in [0.05, 0.1) is 5.56 Å². The van der Waals surface area contributed by atoms with Gasteiger partial charge in [-0.3, -0.25) is 0 Å². The van der Waals surface area contributed by atoms with E-state index >= 15 is 0 Å². The van der Waals surface area contributed by atoms with E-state index in [1.807, 2.05) is 12.1 Å². The van der Waals surface area contributed by atoms with Crippen molar-refractivity contribution in [2.75, 3.05) is 4.90 Å². The maximum Gasteiger partial charge on any atom is 0.335 e. The van der Waals surface area contributed by atoms with Crippen molar-refractivity contribution in [2.45, 2.75) is 123 Å². The molecule has 6 rings (SSSR count). The summed E-state index contributed by atoms with van der Waals surface area (Å²) in [6.45, 7) is 8.96. The molecule has 0 fully saturated rings. The van der Waals surface area contributed by atoms with Gasteiger partial charge in [-0.15, -0.1) is 0 Å². The molecule has 5 aromatic rings. The number of aromatic carboxylic acids is 1. The van der Waals surface area contributed by atoms with Crippen molar-refractivity contribution < 1.29 is 9.90 Å². The Labute approximate surface area is 319 Å². The first kappa shape index (κ1) is 38.1. The average Bonchev–Trinajstić information content (AvgIpc) is 3.43. The zero-order chi connectivity index (χ0) is 37.2. The van der Waals surface area contributed by atoms with Crippen molar-refractivity contribution in [3.05, 3.63) is 137 Å². The maximum atomic E-state index is 11.6. The van der Waals surface area contributed by atoms with Crippen LogP contribution < -0.4 is 4.90 Å². The Morgan fingerprint density at radius 2 is 0.943 bits per heavy atom. The Balaban J connectivity index is 1.35. The second-order valence-electron chi connectivity index (χ2n) is 15.5. The van der Waals surface area contributed by atoms with Gasteiger partial charge < -0.3 is 10.0 Å². The van der Waals surface area contributed by atoms with Gasteiger partial charge in [0.1, 0.15) is 0 Å². The van der Waals surface area contributed by atoms with Gasteiger partial charge in [-0.25, -0.2) is 4.79 Å². The van der Waals surface area contributed by atoms with E-state index < -0.39 is 5.97 Å². The average molecular weight is 706 g/mol. The SMILES string of the molecule is CCCCCCCCC1(CCCCCCCC)c2cc(C)ccc2-c2ccc(-c3ccc(N(c4ccc(C)cc4)c4ccc(C(=O)O)cc4)cc3)cc21. The lowest BCUT2D eigenvalue weighted by Gasteiger charge is -2.33. The predicted octanol–water partition coefficient (Wildman–Crippen LogP) is 14.9. The second kappa shape index (κ2) is 17.9. The number of unbranched alkanes of at least 4 members (excludes halogenated alkanes) is 10. The molecule has 0 aromatic heterocycles. The number of aryl methyl sites for hydroxylation is 2. The molecule has 0 saturated heterocycles. The Kier molecular flexibility index (Phi) is 12.9. The minimum atomic E-state index is -0.918. The van der Waals surface area contributed by atoms with Crippen LogP contribution in [0.3, 0.4) is 0 Å². The van der Waals surface area contributed by atoms with E-state index in [1.54, 1.807) is 17.7 Å². The van der Waals surface area contributed by atoms with Gasteiger partial charge >= 0.3 is 5.97 Å². The molecule has 0 spiro atoms. The number of carboxylic acids is 1. The van der Waals surface area contributed by atoms with E-state index in [4.69, 9.17) is 0 Å². The second-order valence-corrected chi connectivity index (χ2v) is 15.5. The Hall–Kier alpha value is -4.63. The van der Waals surface area contributed by atoms with Crippen molar-refractivity contribution in [2.24, 2.45) is 0 Å². The third-order valence-corrected chi connectivity index (χ3v) is 11.6. The number of carboxylic acid groups (broad SMARTS) is 1. The van der Waals surface area contributed by atoms with Crippen molar-refractivity contribution in [3.8, 4) is 22.3 Å². The normalized spacial score (nSPS) is 12.8. The third-order valence-electron chi connectivity index (χ3n) is 11.6. The molecule has 1 aliphatic carbocycles. The van der Waals surface area contributed by atoms with Crippen molar-refractivity contribution in [3.63, 3.8) is 0 Å². The van der Waals surface area contributed by atoms with Crippen LogP contribution >= 0.6 is 0 Å². The Bertz CT molecular complexity index is 1920. The molecular weight excluding hydrogens is 647 g/mol. The highest BCUT2D eigenvalue weighted by Crippen LogP contribution is 2.55. The monoisotopic (exact) mass is 705 g/mol. The fourth-order valence-electron chi connectivity index (χ4n) is 8.56. The first-order valence-electron chi connectivity index (χ1n) is 20.4. The molecule has 0 bridgehead atoms. The number of hydrogen-bond donors (Lipinski definition) is 1. The highest BCUT2D eigenvalue weighted by Gasteiger charge is 2.42. The van der Waals surface area contributed by atoms with E-state index in [2.05, 4.69) is 118 Å².